The highest BCUT2D eigenvalue weighted by molar-refractivity contribution is 5.97. The van der Waals surface area contributed by atoms with Crippen molar-refractivity contribution in [3.05, 3.63) is 29.6 Å². The summed E-state index contributed by atoms with van der Waals surface area (Å²) in [4.78, 5) is 24.4. The number of carbonyl (C=O) groups is 2. The van der Waals surface area contributed by atoms with E-state index in [4.69, 9.17) is 5.11 Å². The molecular weight excluding hydrogens is 253 g/mol. The minimum atomic E-state index is -0.944. The first kappa shape index (κ1) is 13.3. The lowest BCUT2D eigenvalue weighted by Gasteiger charge is -2.30. The van der Waals surface area contributed by atoms with E-state index in [1.807, 2.05) is 0 Å². The molecule has 1 aromatic carbocycles. The first-order valence-electron chi connectivity index (χ1n) is 5.99. The van der Waals surface area contributed by atoms with Crippen LogP contribution in [0.3, 0.4) is 0 Å². The Bertz CT molecular complexity index is 517. The van der Waals surface area contributed by atoms with Crippen LogP contribution >= 0.6 is 0 Å². The second kappa shape index (κ2) is 5.26. The Balaban J connectivity index is 2.19. The molecule has 0 saturated carbocycles. The fraction of sp³-hybridized carbons (Fsp3) is 0.385. The minimum Gasteiger partial charge on any atom is -0.507 e. The Morgan fingerprint density at radius 3 is 2.79 bits per heavy atom. The van der Waals surface area contributed by atoms with Crippen LogP contribution in [0.5, 0.6) is 5.75 Å². The maximum Gasteiger partial charge on any atom is 0.308 e. The van der Waals surface area contributed by atoms with Crippen molar-refractivity contribution in [1.29, 1.82) is 0 Å². The molecule has 0 bridgehead atoms. The average Bonchev–Trinajstić information content (AvgIpc) is 2.41. The number of halogens is 1. The van der Waals surface area contributed by atoms with Crippen LogP contribution in [-0.2, 0) is 4.79 Å². The van der Waals surface area contributed by atoms with Gasteiger partial charge < -0.3 is 15.1 Å². The van der Waals surface area contributed by atoms with E-state index < -0.39 is 23.6 Å². The number of benzene rings is 1. The molecule has 102 valence electrons. The lowest BCUT2D eigenvalue weighted by Crippen LogP contribution is -2.42. The van der Waals surface area contributed by atoms with Crippen molar-refractivity contribution >= 4 is 11.9 Å². The highest BCUT2D eigenvalue weighted by Crippen LogP contribution is 2.23. The Morgan fingerprint density at radius 1 is 1.37 bits per heavy atom. The summed E-state index contributed by atoms with van der Waals surface area (Å²) in [7, 11) is 0. The molecule has 6 heteroatoms. The van der Waals surface area contributed by atoms with Crippen molar-refractivity contribution in [3.8, 4) is 5.75 Å². The van der Waals surface area contributed by atoms with Crippen LogP contribution in [0, 0.1) is 11.7 Å². The summed E-state index contributed by atoms with van der Waals surface area (Å²) < 4.78 is 13.1. The molecule has 0 aliphatic carbocycles. The Hall–Kier alpha value is -2.11. The van der Waals surface area contributed by atoms with Crippen molar-refractivity contribution in [2.45, 2.75) is 12.8 Å². The number of hydrogen-bond donors (Lipinski definition) is 2. The van der Waals surface area contributed by atoms with Crippen molar-refractivity contribution in [1.82, 2.24) is 4.90 Å². The van der Waals surface area contributed by atoms with Crippen LogP contribution in [0.4, 0.5) is 4.39 Å². The van der Waals surface area contributed by atoms with Crippen molar-refractivity contribution in [2.24, 2.45) is 5.92 Å². The number of hydrogen-bond acceptors (Lipinski definition) is 3. The summed E-state index contributed by atoms with van der Waals surface area (Å²) >= 11 is 0. The van der Waals surface area contributed by atoms with Crippen molar-refractivity contribution < 1.29 is 24.2 Å². The second-order valence-corrected chi connectivity index (χ2v) is 4.59. The number of nitrogens with zero attached hydrogens (tertiary/aromatic N) is 1. The van der Waals surface area contributed by atoms with Gasteiger partial charge in [0, 0.05) is 13.1 Å². The third-order valence-corrected chi connectivity index (χ3v) is 3.25. The van der Waals surface area contributed by atoms with Crippen LogP contribution in [0.1, 0.15) is 23.2 Å². The number of carboxylic acids is 1. The molecule has 1 amide bonds. The van der Waals surface area contributed by atoms with Crippen LogP contribution in [0.2, 0.25) is 0 Å². The minimum absolute atomic E-state index is 0.0874. The molecule has 1 fully saturated rings. The van der Waals surface area contributed by atoms with Crippen LogP contribution in [0.15, 0.2) is 18.2 Å². The molecule has 2 rings (SSSR count). The number of rotatable bonds is 2. The molecule has 1 aromatic rings. The highest BCUT2D eigenvalue weighted by atomic mass is 19.1. The number of aromatic hydroxyl groups is 1. The summed E-state index contributed by atoms with van der Waals surface area (Å²) in [5.41, 5.74) is -0.133. The van der Waals surface area contributed by atoms with E-state index in [2.05, 4.69) is 0 Å². The number of likely N-dealkylation sites (tertiary alicyclic amines) is 1. The van der Waals surface area contributed by atoms with E-state index in [0.717, 1.165) is 18.2 Å². The van der Waals surface area contributed by atoms with Gasteiger partial charge in [0.05, 0.1) is 11.5 Å². The molecule has 1 atom stereocenters. The number of amides is 1. The van der Waals surface area contributed by atoms with Crippen LogP contribution in [-0.4, -0.2) is 40.1 Å². The fourth-order valence-electron chi connectivity index (χ4n) is 2.21. The Kier molecular flexibility index (Phi) is 3.69. The summed E-state index contributed by atoms with van der Waals surface area (Å²) in [6.07, 6.45) is 1.10. The normalized spacial score (nSPS) is 19.2. The standard InChI is InChI=1S/C13H14FNO4/c14-9-3-4-11(16)10(6-9)12(17)15-5-1-2-8(7-15)13(18)19/h3-4,6,8,16H,1-2,5,7H2,(H,18,19)/t8-/m0/s1. The van der Waals surface area contributed by atoms with E-state index in [-0.39, 0.29) is 17.9 Å². The van der Waals surface area contributed by atoms with Gasteiger partial charge in [0.2, 0.25) is 0 Å². The summed E-state index contributed by atoms with van der Waals surface area (Å²) in [6.45, 7) is 0.503. The predicted octanol–water partition coefficient (Wildman–Crippen LogP) is 1.47. The van der Waals surface area contributed by atoms with Gasteiger partial charge in [-0.1, -0.05) is 0 Å². The Morgan fingerprint density at radius 2 is 2.11 bits per heavy atom. The molecule has 5 nitrogen and oxygen atoms in total. The molecule has 0 spiro atoms. The number of piperidine rings is 1. The molecule has 1 heterocycles. The molecule has 0 radical (unpaired) electrons. The number of phenols is 1. The Labute approximate surface area is 109 Å². The van der Waals surface area contributed by atoms with Gasteiger partial charge in [-0.15, -0.1) is 0 Å². The molecule has 1 aliphatic rings. The molecule has 2 N–H and O–H groups in total. The van der Waals surface area contributed by atoms with Crippen molar-refractivity contribution in [2.75, 3.05) is 13.1 Å². The SMILES string of the molecule is O=C(O)[C@H]1CCCN(C(=O)c2cc(F)ccc2O)C1. The van der Waals surface area contributed by atoms with E-state index >= 15 is 0 Å². The number of phenolic OH excluding ortho intramolecular Hbond substituents is 1. The van der Waals surface area contributed by atoms with Gasteiger partial charge in [-0.2, -0.15) is 0 Å². The van der Waals surface area contributed by atoms with Crippen LogP contribution in [0.25, 0.3) is 0 Å². The van der Waals surface area contributed by atoms with Crippen molar-refractivity contribution in [3.63, 3.8) is 0 Å². The zero-order chi connectivity index (χ0) is 14.0. The van der Waals surface area contributed by atoms with Gasteiger partial charge in [0.1, 0.15) is 11.6 Å². The van der Waals surface area contributed by atoms with Gasteiger partial charge in [0.25, 0.3) is 5.91 Å². The van der Waals surface area contributed by atoms with E-state index in [1.54, 1.807) is 0 Å². The third-order valence-electron chi connectivity index (χ3n) is 3.25. The third kappa shape index (κ3) is 2.83. The van der Waals surface area contributed by atoms with Gasteiger partial charge in [0.15, 0.2) is 0 Å². The summed E-state index contributed by atoms with van der Waals surface area (Å²) in [6, 6.07) is 3.13. The van der Waals surface area contributed by atoms with E-state index in [9.17, 15) is 19.1 Å². The lowest BCUT2D eigenvalue weighted by atomic mass is 9.97. The molecule has 1 saturated heterocycles. The number of aliphatic carboxylic acids is 1. The average molecular weight is 267 g/mol. The summed E-state index contributed by atoms with van der Waals surface area (Å²) in [5, 5.41) is 18.5. The first-order chi connectivity index (χ1) is 8.99. The maximum atomic E-state index is 13.1. The first-order valence-corrected chi connectivity index (χ1v) is 5.99. The smallest absolute Gasteiger partial charge is 0.308 e. The molecular formula is C13H14FNO4. The van der Waals surface area contributed by atoms with Gasteiger partial charge in [-0.05, 0) is 31.0 Å². The molecule has 1 aliphatic heterocycles. The molecule has 0 aromatic heterocycles. The highest BCUT2D eigenvalue weighted by Gasteiger charge is 2.29. The zero-order valence-corrected chi connectivity index (χ0v) is 10.2. The zero-order valence-electron chi connectivity index (χ0n) is 10.2. The maximum absolute atomic E-state index is 13.1. The van der Waals surface area contributed by atoms with Gasteiger partial charge in [-0.25, -0.2) is 4.39 Å². The van der Waals surface area contributed by atoms with Gasteiger partial charge in [-0.3, -0.25) is 9.59 Å². The topological polar surface area (TPSA) is 77.8 Å². The molecule has 0 unspecified atom stereocenters. The van der Waals surface area contributed by atoms with E-state index in [0.29, 0.717) is 19.4 Å². The number of carboxylic acid groups (broad SMARTS) is 1. The fourth-order valence-corrected chi connectivity index (χ4v) is 2.21. The molecule has 19 heavy (non-hydrogen) atoms. The number of carbonyl (C=O) groups excluding carboxylic acids is 1. The van der Waals surface area contributed by atoms with E-state index in [1.165, 1.54) is 4.90 Å². The predicted molar refractivity (Wildman–Crippen MR) is 64.3 cm³/mol. The monoisotopic (exact) mass is 267 g/mol. The van der Waals surface area contributed by atoms with Crippen LogP contribution < -0.4 is 0 Å². The lowest BCUT2D eigenvalue weighted by molar-refractivity contribution is -0.143. The quantitative estimate of drug-likeness (QED) is 0.850. The van der Waals surface area contributed by atoms with Gasteiger partial charge >= 0.3 is 5.97 Å². The second-order valence-electron chi connectivity index (χ2n) is 4.59. The summed E-state index contributed by atoms with van der Waals surface area (Å²) in [5.74, 6) is -3.01. The largest absolute Gasteiger partial charge is 0.507 e.